The Hall–Kier alpha value is -5.89. The average Bonchev–Trinajstić information content (AvgIpc) is 3.70. The third-order valence-corrected chi connectivity index (χ3v) is 8.74. The summed E-state index contributed by atoms with van der Waals surface area (Å²) in [7, 11) is 0. The topological polar surface area (TPSA) is 176 Å². The zero-order chi connectivity index (χ0) is 31.0. The number of nitrogens with one attached hydrogen (secondary N) is 1. The number of rotatable bonds is 7. The Morgan fingerprint density at radius 2 is 1.22 bits per heavy atom. The van der Waals surface area contributed by atoms with Gasteiger partial charge in [0, 0.05) is 31.3 Å². The first-order valence-electron chi connectivity index (χ1n) is 13.7. The lowest BCUT2D eigenvalue weighted by molar-refractivity contribution is 0.925. The number of nitriles is 2. The molecule has 2 unspecified atom stereocenters. The van der Waals surface area contributed by atoms with Crippen LogP contribution in [0.5, 0.6) is 0 Å². The highest BCUT2D eigenvalue weighted by Gasteiger charge is 2.21. The van der Waals surface area contributed by atoms with Crippen molar-refractivity contribution in [3.8, 4) is 12.1 Å². The van der Waals surface area contributed by atoms with Crippen molar-refractivity contribution in [2.45, 2.75) is 18.4 Å². The van der Waals surface area contributed by atoms with Crippen LogP contribution in [0.25, 0.3) is 20.4 Å². The summed E-state index contributed by atoms with van der Waals surface area (Å²) in [6.07, 6.45) is 6.70. The lowest BCUT2D eigenvalue weighted by atomic mass is 10.1. The SMILES string of the molecule is N#CC(c1ccnc(N)n1)c1nc2ccccc2s1.N#CC(c1ccnc(NCc2ccncc2)n1)c1nc2ccccc2s1. The van der Waals surface area contributed by atoms with Crippen molar-refractivity contribution in [3.63, 3.8) is 0 Å². The summed E-state index contributed by atoms with van der Waals surface area (Å²) in [6.45, 7) is 0.588. The van der Waals surface area contributed by atoms with Crippen LogP contribution in [0.4, 0.5) is 11.9 Å². The number of thiazole rings is 2. The van der Waals surface area contributed by atoms with Gasteiger partial charge in [-0.05, 0) is 54.1 Å². The van der Waals surface area contributed by atoms with Gasteiger partial charge in [0.25, 0.3) is 0 Å². The van der Waals surface area contributed by atoms with E-state index in [1.807, 2.05) is 60.7 Å². The fourth-order valence-corrected chi connectivity index (χ4v) is 6.42. The van der Waals surface area contributed by atoms with Crippen LogP contribution in [-0.2, 0) is 6.54 Å². The minimum absolute atomic E-state index is 0.166. The number of para-hydroxylation sites is 2. The van der Waals surface area contributed by atoms with Crippen LogP contribution in [0, 0.1) is 22.7 Å². The van der Waals surface area contributed by atoms with Crippen LogP contribution in [0.3, 0.4) is 0 Å². The first kappa shape index (κ1) is 29.2. The van der Waals surface area contributed by atoms with Gasteiger partial charge in [-0.2, -0.15) is 10.5 Å². The summed E-state index contributed by atoms with van der Waals surface area (Å²) in [5, 5.41) is 23.7. The molecule has 0 aliphatic heterocycles. The first-order valence-corrected chi connectivity index (χ1v) is 15.3. The second-order valence-electron chi connectivity index (χ2n) is 9.52. The van der Waals surface area contributed by atoms with Crippen molar-refractivity contribution < 1.29 is 0 Å². The van der Waals surface area contributed by atoms with Crippen molar-refractivity contribution in [1.29, 1.82) is 10.5 Å². The summed E-state index contributed by atoms with van der Waals surface area (Å²) >= 11 is 3.02. The molecule has 11 nitrogen and oxygen atoms in total. The van der Waals surface area contributed by atoms with Gasteiger partial charge in [-0.15, -0.1) is 22.7 Å². The molecule has 2 aromatic carbocycles. The molecule has 5 heterocycles. The second kappa shape index (κ2) is 13.6. The molecule has 0 bridgehead atoms. The monoisotopic (exact) mass is 625 g/mol. The van der Waals surface area contributed by atoms with E-state index in [0.29, 0.717) is 23.9 Å². The molecular weight excluding hydrogens is 603 g/mol. The highest BCUT2D eigenvalue weighted by molar-refractivity contribution is 7.19. The van der Waals surface area contributed by atoms with Crippen molar-refractivity contribution in [2.75, 3.05) is 11.1 Å². The Bertz CT molecular complexity index is 2080. The van der Waals surface area contributed by atoms with Crippen LogP contribution in [0.1, 0.15) is 38.8 Å². The number of aromatic nitrogens is 7. The highest BCUT2D eigenvalue weighted by Crippen LogP contribution is 2.32. The molecule has 45 heavy (non-hydrogen) atoms. The number of hydrogen-bond acceptors (Lipinski definition) is 13. The molecule has 0 aliphatic rings. The number of nitrogens with two attached hydrogens (primary N) is 1. The van der Waals surface area contributed by atoms with Crippen LogP contribution in [0.15, 0.2) is 97.6 Å². The maximum atomic E-state index is 9.69. The summed E-state index contributed by atoms with van der Waals surface area (Å²) in [5.41, 5.74) is 9.65. The van der Waals surface area contributed by atoms with Gasteiger partial charge in [0.1, 0.15) is 21.9 Å². The van der Waals surface area contributed by atoms with Gasteiger partial charge in [-0.3, -0.25) is 4.98 Å². The van der Waals surface area contributed by atoms with E-state index < -0.39 is 11.8 Å². The van der Waals surface area contributed by atoms with Crippen LogP contribution < -0.4 is 11.1 Å². The molecule has 3 N–H and O–H groups in total. The maximum Gasteiger partial charge on any atom is 0.223 e. The summed E-state index contributed by atoms with van der Waals surface area (Å²) in [6, 6.07) is 27.5. The fraction of sp³-hybridized carbons (Fsp3) is 0.0938. The van der Waals surface area contributed by atoms with Gasteiger partial charge in [0.15, 0.2) is 0 Å². The van der Waals surface area contributed by atoms with Gasteiger partial charge < -0.3 is 11.1 Å². The van der Waals surface area contributed by atoms with Gasteiger partial charge in [-0.25, -0.2) is 29.9 Å². The quantitative estimate of drug-likeness (QED) is 0.210. The van der Waals surface area contributed by atoms with E-state index in [1.165, 1.54) is 22.7 Å². The Balaban J connectivity index is 0.000000167. The molecule has 0 aliphatic carbocycles. The normalized spacial score (nSPS) is 12.0. The lowest BCUT2D eigenvalue weighted by Gasteiger charge is -2.08. The zero-order valence-electron chi connectivity index (χ0n) is 23.5. The maximum absolute atomic E-state index is 9.69. The summed E-state index contributed by atoms with van der Waals surface area (Å²) in [4.78, 5) is 29.8. The van der Waals surface area contributed by atoms with Crippen molar-refractivity contribution >= 4 is 55.0 Å². The van der Waals surface area contributed by atoms with E-state index in [-0.39, 0.29) is 5.95 Å². The zero-order valence-corrected chi connectivity index (χ0v) is 25.2. The van der Waals surface area contributed by atoms with E-state index in [4.69, 9.17) is 5.73 Å². The van der Waals surface area contributed by atoms with Gasteiger partial charge in [0.05, 0.1) is 44.0 Å². The highest BCUT2D eigenvalue weighted by atomic mass is 32.1. The summed E-state index contributed by atoms with van der Waals surface area (Å²) in [5.74, 6) is -0.376. The number of nitrogen functional groups attached to an aromatic ring is 1. The molecule has 0 saturated carbocycles. The van der Waals surface area contributed by atoms with Gasteiger partial charge >= 0.3 is 0 Å². The van der Waals surface area contributed by atoms with Crippen LogP contribution in [-0.4, -0.2) is 34.9 Å². The molecular formula is C32H23N11S2. The Morgan fingerprint density at radius 1 is 0.667 bits per heavy atom. The van der Waals surface area contributed by atoms with E-state index in [1.54, 1.807) is 36.9 Å². The molecule has 7 rings (SSSR count). The molecule has 5 aromatic heterocycles. The summed E-state index contributed by atoms with van der Waals surface area (Å²) < 4.78 is 2.12. The largest absolute Gasteiger partial charge is 0.368 e. The molecule has 0 fully saturated rings. The van der Waals surface area contributed by atoms with Crippen molar-refractivity contribution in [2.24, 2.45) is 0 Å². The smallest absolute Gasteiger partial charge is 0.223 e. The second-order valence-corrected chi connectivity index (χ2v) is 11.6. The minimum atomic E-state index is -0.517. The lowest BCUT2D eigenvalue weighted by Crippen LogP contribution is -2.07. The molecule has 0 spiro atoms. The van der Waals surface area contributed by atoms with Crippen LogP contribution >= 0.6 is 22.7 Å². The van der Waals surface area contributed by atoms with E-state index >= 15 is 0 Å². The fourth-order valence-electron chi connectivity index (χ4n) is 4.37. The molecule has 7 aromatic rings. The number of benzene rings is 2. The number of pyridine rings is 1. The number of hydrogen-bond donors (Lipinski definition) is 2. The van der Waals surface area contributed by atoms with E-state index in [9.17, 15) is 10.5 Å². The molecule has 2 atom stereocenters. The molecule has 13 heteroatoms. The Kier molecular flexibility index (Phi) is 8.83. The van der Waals surface area contributed by atoms with E-state index in [2.05, 4.69) is 52.3 Å². The number of nitrogens with zero attached hydrogens (tertiary/aromatic N) is 9. The molecule has 0 radical (unpaired) electrons. The third-order valence-electron chi connectivity index (χ3n) is 6.54. The minimum Gasteiger partial charge on any atom is -0.368 e. The van der Waals surface area contributed by atoms with Crippen LogP contribution in [0.2, 0.25) is 0 Å². The Labute approximate surface area is 265 Å². The average molecular weight is 626 g/mol. The predicted octanol–water partition coefficient (Wildman–Crippen LogP) is 6.07. The molecule has 0 amide bonds. The number of fused-ring (bicyclic) bond motifs is 2. The number of anilines is 2. The van der Waals surface area contributed by atoms with Crippen molar-refractivity contribution in [3.05, 3.63) is 125 Å². The van der Waals surface area contributed by atoms with E-state index in [0.717, 1.165) is 36.0 Å². The van der Waals surface area contributed by atoms with Gasteiger partial charge in [0.2, 0.25) is 11.9 Å². The molecule has 0 saturated heterocycles. The first-order chi connectivity index (χ1) is 22.1. The van der Waals surface area contributed by atoms with Crippen molar-refractivity contribution in [1.82, 2.24) is 34.9 Å². The third kappa shape index (κ3) is 6.86. The predicted molar refractivity (Wildman–Crippen MR) is 174 cm³/mol. The molecule has 218 valence electrons. The Morgan fingerprint density at radius 3 is 1.78 bits per heavy atom. The standard InChI is InChI=1S/C19H14N6S.C13H9N5S/c20-11-14(18-24-16-3-1-2-4-17(16)26-18)15-7-10-22-19(25-15)23-12-13-5-8-21-9-6-13;14-7-8(9-5-6-16-13(15)18-9)12-17-10-3-1-2-4-11(10)19-12/h1-10,14H,12H2,(H,22,23,25);1-6,8H,(H2,15,16,18). The van der Waals surface area contributed by atoms with Gasteiger partial charge in [-0.1, -0.05) is 24.3 Å².